The first-order valence-electron chi connectivity index (χ1n) is 11.0. The molecule has 2 aliphatic rings. The van der Waals surface area contributed by atoms with Crippen LogP contribution in [0, 0.1) is 0 Å². The maximum atomic E-state index is 13.4. The number of hydrogen-bond acceptors (Lipinski definition) is 5. The van der Waals surface area contributed by atoms with Crippen molar-refractivity contribution in [3.8, 4) is 0 Å². The fourth-order valence-electron chi connectivity index (χ4n) is 3.79. The summed E-state index contributed by atoms with van der Waals surface area (Å²) in [6, 6.07) is 7.29. The van der Waals surface area contributed by atoms with Gasteiger partial charge in [0, 0.05) is 24.7 Å². The van der Waals surface area contributed by atoms with Crippen molar-refractivity contribution < 1.29 is 23.6 Å². The number of carbonyl (C=O) groups excluding carboxylic acids is 2. The van der Waals surface area contributed by atoms with Crippen molar-refractivity contribution in [1.29, 1.82) is 0 Å². The summed E-state index contributed by atoms with van der Waals surface area (Å²) in [5.74, 6) is -0.0824. The predicted molar refractivity (Wildman–Crippen MR) is 120 cm³/mol. The highest BCUT2D eigenvalue weighted by atomic mass is 16.7. The molecule has 3 rings (SSSR count). The molecule has 2 amide bonds. The summed E-state index contributed by atoms with van der Waals surface area (Å²) in [5, 5.41) is 2.90. The van der Waals surface area contributed by atoms with Gasteiger partial charge in [0.1, 0.15) is 5.60 Å². The predicted octanol–water partition coefficient (Wildman–Crippen LogP) is 3.12. The van der Waals surface area contributed by atoms with Gasteiger partial charge in [-0.05, 0) is 72.8 Å². The molecule has 1 atom stereocenters. The maximum absolute atomic E-state index is 13.4. The molecule has 2 heterocycles. The van der Waals surface area contributed by atoms with Crippen LogP contribution < -0.4 is 10.8 Å². The molecular formula is C23H35BN2O5. The number of likely N-dealkylation sites (tertiary alicyclic amines) is 1. The summed E-state index contributed by atoms with van der Waals surface area (Å²) in [5.41, 5.74) is -0.231. The number of carbonyl (C=O) groups is 2. The zero-order valence-corrected chi connectivity index (χ0v) is 19.8. The van der Waals surface area contributed by atoms with Crippen LogP contribution in [0.4, 0.5) is 4.79 Å². The first kappa shape index (κ1) is 23.6. The van der Waals surface area contributed by atoms with Crippen LogP contribution in [-0.2, 0) is 14.0 Å². The summed E-state index contributed by atoms with van der Waals surface area (Å²) < 4.78 is 17.7. The van der Waals surface area contributed by atoms with E-state index >= 15 is 0 Å². The van der Waals surface area contributed by atoms with Crippen LogP contribution in [0.1, 0.15) is 71.7 Å². The lowest BCUT2D eigenvalue weighted by molar-refractivity contribution is 0.00578. The molecule has 0 radical (unpaired) electrons. The lowest BCUT2D eigenvalue weighted by atomic mass is 9.75. The average molecular weight is 430 g/mol. The second-order valence-corrected chi connectivity index (χ2v) is 10.4. The number of piperidine rings is 1. The number of hydrogen-bond donors (Lipinski definition) is 1. The topological polar surface area (TPSA) is 77.1 Å². The van der Waals surface area contributed by atoms with E-state index in [1.54, 1.807) is 4.90 Å². The number of alkyl carbamates (subject to hydrolysis) is 1. The second-order valence-electron chi connectivity index (χ2n) is 10.4. The maximum Gasteiger partial charge on any atom is 0.495 e. The van der Waals surface area contributed by atoms with Crippen LogP contribution in [-0.4, -0.2) is 60.0 Å². The Kier molecular flexibility index (Phi) is 6.45. The molecule has 0 bridgehead atoms. The summed E-state index contributed by atoms with van der Waals surface area (Å²) >= 11 is 0. The van der Waals surface area contributed by atoms with Crippen LogP contribution in [0.3, 0.4) is 0 Å². The van der Waals surface area contributed by atoms with E-state index in [1.165, 1.54) is 0 Å². The Bertz CT molecular complexity index is 818. The number of amides is 2. The second kappa shape index (κ2) is 8.47. The van der Waals surface area contributed by atoms with Gasteiger partial charge >= 0.3 is 13.2 Å². The Labute approximate surface area is 185 Å². The van der Waals surface area contributed by atoms with Crippen molar-refractivity contribution in [2.45, 2.75) is 84.2 Å². The van der Waals surface area contributed by atoms with Crippen molar-refractivity contribution >= 4 is 24.6 Å². The number of ether oxygens (including phenoxy) is 1. The van der Waals surface area contributed by atoms with E-state index < -0.39 is 30.0 Å². The molecule has 0 spiro atoms. The fraction of sp³-hybridized carbons (Fsp3) is 0.652. The summed E-state index contributed by atoms with van der Waals surface area (Å²) in [7, 11) is -0.606. The number of rotatable bonds is 3. The van der Waals surface area contributed by atoms with Crippen LogP contribution in [0.5, 0.6) is 0 Å². The van der Waals surface area contributed by atoms with Gasteiger partial charge in [-0.2, -0.15) is 0 Å². The molecule has 31 heavy (non-hydrogen) atoms. The zero-order chi connectivity index (χ0) is 23.0. The largest absolute Gasteiger partial charge is 0.495 e. The standard InChI is InChI=1S/C23H35BN2O5/c1-21(2,3)29-20(28)25-16-11-10-14-26(15-16)19(27)17-12-8-9-13-18(17)24-30-22(4,5)23(6,7)31-24/h8-9,12-13,16H,10-11,14-15H2,1-7H3,(H,25,28)/t16-/m0/s1. The molecule has 2 aliphatic heterocycles. The Hall–Kier alpha value is -2.06. The van der Waals surface area contributed by atoms with E-state index in [0.29, 0.717) is 18.7 Å². The minimum absolute atomic E-state index is 0.0824. The van der Waals surface area contributed by atoms with Crippen molar-refractivity contribution in [1.82, 2.24) is 10.2 Å². The molecule has 2 saturated heterocycles. The molecule has 0 saturated carbocycles. The van der Waals surface area contributed by atoms with Gasteiger partial charge in [0.25, 0.3) is 5.91 Å². The highest BCUT2D eigenvalue weighted by Gasteiger charge is 2.52. The average Bonchev–Trinajstić information content (AvgIpc) is 2.87. The Balaban J connectivity index is 1.73. The first-order chi connectivity index (χ1) is 14.3. The lowest BCUT2D eigenvalue weighted by Crippen LogP contribution is -2.51. The monoisotopic (exact) mass is 430 g/mol. The van der Waals surface area contributed by atoms with Gasteiger partial charge < -0.3 is 24.3 Å². The third-order valence-corrected chi connectivity index (χ3v) is 6.13. The SMILES string of the molecule is CC(C)(C)OC(=O)N[C@H]1CCCN(C(=O)c2ccccc2B2OC(C)(C)C(C)(C)O2)C1. The number of nitrogens with one attached hydrogen (secondary N) is 1. The third-order valence-electron chi connectivity index (χ3n) is 6.13. The summed E-state index contributed by atoms with van der Waals surface area (Å²) in [4.78, 5) is 27.4. The van der Waals surface area contributed by atoms with E-state index in [0.717, 1.165) is 18.3 Å². The van der Waals surface area contributed by atoms with Crippen LogP contribution in [0.25, 0.3) is 0 Å². The number of nitrogens with zero attached hydrogens (tertiary/aromatic N) is 1. The van der Waals surface area contributed by atoms with E-state index in [2.05, 4.69) is 5.32 Å². The molecular weight excluding hydrogens is 395 g/mol. The van der Waals surface area contributed by atoms with Crippen molar-refractivity contribution in [2.75, 3.05) is 13.1 Å². The normalized spacial score (nSPS) is 22.9. The van der Waals surface area contributed by atoms with Crippen molar-refractivity contribution in [2.24, 2.45) is 0 Å². The van der Waals surface area contributed by atoms with Gasteiger partial charge in [-0.25, -0.2) is 4.79 Å². The van der Waals surface area contributed by atoms with Crippen LogP contribution in [0.2, 0.25) is 0 Å². The van der Waals surface area contributed by atoms with Gasteiger partial charge in [-0.1, -0.05) is 18.2 Å². The Morgan fingerprint density at radius 2 is 1.74 bits per heavy atom. The minimum atomic E-state index is -0.606. The molecule has 170 valence electrons. The first-order valence-corrected chi connectivity index (χ1v) is 11.0. The van der Waals surface area contributed by atoms with Gasteiger partial charge in [-0.3, -0.25) is 4.79 Å². The van der Waals surface area contributed by atoms with E-state index in [1.807, 2.05) is 72.7 Å². The minimum Gasteiger partial charge on any atom is -0.444 e. The molecule has 0 aromatic heterocycles. The molecule has 7 nitrogen and oxygen atoms in total. The fourth-order valence-corrected chi connectivity index (χ4v) is 3.79. The smallest absolute Gasteiger partial charge is 0.444 e. The summed E-state index contributed by atoms with van der Waals surface area (Å²) in [6.45, 7) is 14.6. The molecule has 8 heteroatoms. The molecule has 1 aromatic rings. The number of benzene rings is 1. The lowest BCUT2D eigenvalue weighted by Gasteiger charge is -2.34. The molecule has 1 aromatic carbocycles. The molecule has 2 fully saturated rings. The third kappa shape index (κ3) is 5.41. The van der Waals surface area contributed by atoms with Gasteiger partial charge in [0.15, 0.2) is 0 Å². The Morgan fingerprint density at radius 3 is 2.35 bits per heavy atom. The van der Waals surface area contributed by atoms with E-state index in [9.17, 15) is 9.59 Å². The molecule has 1 N–H and O–H groups in total. The zero-order valence-electron chi connectivity index (χ0n) is 19.8. The van der Waals surface area contributed by atoms with Gasteiger partial charge in [-0.15, -0.1) is 0 Å². The highest BCUT2D eigenvalue weighted by Crippen LogP contribution is 2.36. The molecule has 0 unspecified atom stereocenters. The van der Waals surface area contributed by atoms with Crippen molar-refractivity contribution in [3.63, 3.8) is 0 Å². The van der Waals surface area contributed by atoms with Crippen LogP contribution in [0.15, 0.2) is 24.3 Å². The van der Waals surface area contributed by atoms with Crippen molar-refractivity contribution in [3.05, 3.63) is 29.8 Å². The summed E-state index contributed by atoms with van der Waals surface area (Å²) in [6.07, 6.45) is 1.16. The molecule has 0 aliphatic carbocycles. The van der Waals surface area contributed by atoms with Gasteiger partial charge in [0.2, 0.25) is 0 Å². The van der Waals surface area contributed by atoms with E-state index in [-0.39, 0.29) is 11.9 Å². The Morgan fingerprint density at radius 1 is 1.13 bits per heavy atom. The van der Waals surface area contributed by atoms with E-state index in [4.69, 9.17) is 14.0 Å². The quantitative estimate of drug-likeness (QED) is 0.746. The van der Waals surface area contributed by atoms with Crippen LogP contribution >= 0.6 is 0 Å². The highest BCUT2D eigenvalue weighted by molar-refractivity contribution is 6.63. The van der Waals surface area contributed by atoms with Gasteiger partial charge in [0.05, 0.1) is 11.2 Å².